The van der Waals surface area contributed by atoms with E-state index in [0.717, 1.165) is 58.8 Å². The molecule has 9 unspecified atom stereocenters. The minimum atomic E-state index is -4.48. The van der Waals surface area contributed by atoms with Gasteiger partial charge in [-0.15, -0.1) is 0 Å². The van der Waals surface area contributed by atoms with Gasteiger partial charge in [0.05, 0.1) is 23.5 Å². The lowest BCUT2D eigenvalue weighted by molar-refractivity contribution is -0.194. The largest absolute Gasteiger partial charge is 0.400 e. The van der Waals surface area contributed by atoms with Gasteiger partial charge in [0.25, 0.3) is 0 Å². The highest BCUT2D eigenvalue weighted by molar-refractivity contribution is 6.73. The highest BCUT2D eigenvalue weighted by atomic mass is 19.4. The number of methoxy groups -OCH3 is 1. The Labute approximate surface area is 242 Å². The van der Waals surface area contributed by atoms with E-state index >= 15 is 0 Å². The lowest BCUT2D eigenvalue weighted by Gasteiger charge is -2.62. The molecule has 0 amide bonds. The fraction of sp³-hybridized carbons (Fsp3) is 1.00. The number of hydrogen-bond donors (Lipinski definition) is 2. The van der Waals surface area contributed by atoms with Crippen LogP contribution in [0.15, 0.2) is 0 Å². The summed E-state index contributed by atoms with van der Waals surface area (Å²) in [6.45, 7) is 11.3. The average molecular weight is 549 g/mol. The van der Waals surface area contributed by atoms with Crippen LogP contribution in [-0.4, -0.2) is 75.1 Å². The first-order valence-corrected chi connectivity index (χ1v) is 15.1. The molecule has 39 heavy (non-hydrogen) atoms. The monoisotopic (exact) mass is 549 g/mol. The Morgan fingerprint density at radius 1 is 0.872 bits per heavy atom. The molecule has 3 nitrogen and oxygen atoms in total. The highest BCUT2D eigenvalue weighted by Gasteiger charge is 2.80. The van der Waals surface area contributed by atoms with Gasteiger partial charge >= 0.3 is 6.18 Å². The first-order valence-electron chi connectivity index (χ1n) is 15.1. The van der Waals surface area contributed by atoms with Crippen molar-refractivity contribution in [1.29, 1.82) is 0 Å². The minimum absolute atomic E-state index is 0.0851. The maximum absolute atomic E-state index is 14.0. The smallest absolute Gasteiger partial charge is 0.390 e. The molecule has 0 aromatic heterocycles. The SMILES string of the molecule is CC.CC.CO.CO.[B]C1([B])CC2C3CCC4(C)C(CCCOC)CCC4C3CCC23[B]C3([B])C1C(F)(F)F. The minimum Gasteiger partial charge on any atom is -0.400 e. The molecule has 1 spiro atoms. The van der Waals surface area contributed by atoms with E-state index in [1.54, 1.807) is 14.4 Å². The molecule has 2 N–H and O–H groups in total. The Bertz CT molecular complexity index is 743. The normalized spacial score (nSPS) is 42.2. The quantitative estimate of drug-likeness (QED) is 0.318. The summed E-state index contributed by atoms with van der Waals surface area (Å²) in [5.41, 5.74) is 0.345. The molecule has 0 bridgehead atoms. The van der Waals surface area contributed by atoms with E-state index in [-0.39, 0.29) is 12.3 Å². The third kappa shape index (κ3) is 6.33. The summed E-state index contributed by atoms with van der Waals surface area (Å²) in [5, 5.41) is 10.3. The van der Waals surface area contributed by atoms with E-state index in [4.69, 9.17) is 38.5 Å². The van der Waals surface area contributed by atoms with Gasteiger partial charge in [0.15, 0.2) is 0 Å². The first-order chi connectivity index (χ1) is 18.4. The van der Waals surface area contributed by atoms with Crippen molar-refractivity contribution in [3.05, 3.63) is 0 Å². The van der Waals surface area contributed by atoms with Crippen LogP contribution in [-0.2, 0) is 4.74 Å². The molecule has 219 valence electrons. The van der Waals surface area contributed by atoms with Crippen molar-refractivity contribution in [2.45, 2.75) is 114 Å². The predicted molar refractivity (Wildman–Crippen MR) is 159 cm³/mol. The molecular formula is C29H52B4F3O3. The van der Waals surface area contributed by atoms with Crippen molar-refractivity contribution in [3.8, 4) is 0 Å². The summed E-state index contributed by atoms with van der Waals surface area (Å²) in [5.74, 6) is 0.583. The third-order valence-electron chi connectivity index (χ3n) is 10.8. The molecule has 9 atom stereocenters. The van der Waals surface area contributed by atoms with Crippen LogP contribution < -0.4 is 0 Å². The molecule has 0 aromatic carbocycles. The van der Waals surface area contributed by atoms with Gasteiger partial charge in [0.2, 0.25) is 0 Å². The van der Waals surface area contributed by atoms with Gasteiger partial charge in [0, 0.05) is 33.9 Å². The number of hydrogen-bond acceptors (Lipinski definition) is 3. The molecule has 5 rings (SSSR count). The summed E-state index contributed by atoms with van der Waals surface area (Å²) in [4.78, 5) is 0. The zero-order valence-corrected chi connectivity index (χ0v) is 25.8. The molecule has 0 aromatic rings. The number of aliphatic hydroxyl groups excluding tert-OH is 2. The average Bonchev–Trinajstić information content (AvgIpc) is 3.37. The lowest BCUT2D eigenvalue weighted by atomic mass is 9.33. The Morgan fingerprint density at radius 2 is 1.41 bits per heavy atom. The number of ether oxygens (including phenoxy) is 1. The summed E-state index contributed by atoms with van der Waals surface area (Å²) < 4.78 is 47.2. The standard InChI is InChI=1S/C23H32B4F3O.2C2H6.2CH4O/c1-19-9-7-15-14(16(19)6-5-13(19)4-3-11-31-2)8-10-20-17(15)12-21(24,25)18(23(28,29)30)22(20,26)27-20;4*1-2/h13-18H,3-12H2,1-2H3;2*1-2H3;2*2H,1H3. The number of aliphatic hydroxyl groups is 2. The third-order valence-corrected chi connectivity index (χ3v) is 10.8. The lowest BCUT2D eigenvalue weighted by Crippen LogP contribution is -2.53. The second kappa shape index (κ2) is 14.4. The van der Waals surface area contributed by atoms with Crippen LogP contribution in [0.3, 0.4) is 0 Å². The predicted octanol–water partition coefficient (Wildman–Crippen LogP) is 6.35. The van der Waals surface area contributed by atoms with Gasteiger partial charge in [-0.05, 0) is 73.5 Å². The Hall–Kier alpha value is -0.0703. The van der Waals surface area contributed by atoms with Crippen LogP contribution in [0.25, 0.3) is 0 Å². The molecular weight excluding hydrogens is 497 g/mol. The van der Waals surface area contributed by atoms with Crippen LogP contribution in [0.1, 0.15) is 92.4 Å². The zero-order chi connectivity index (χ0) is 30.4. The molecule has 5 fully saturated rings. The van der Waals surface area contributed by atoms with Crippen LogP contribution in [0.2, 0.25) is 15.7 Å². The van der Waals surface area contributed by atoms with Gasteiger partial charge in [-0.2, -0.15) is 13.2 Å². The van der Waals surface area contributed by atoms with Crippen molar-refractivity contribution < 1.29 is 28.1 Å². The number of halogens is 3. The van der Waals surface area contributed by atoms with Crippen LogP contribution in [0.4, 0.5) is 13.2 Å². The summed E-state index contributed by atoms with van der Waals surface area (Å²) in [7, 11) is 24.5. The van der Waals surface area contributed by atoms with Gasteiger partial charge in [-0.3, -0.25) is 0 Å². The summed E-state index contributed by atoms with van der Waals surface area (Å²) in [6.07, 6.45) is 4.57. The first kappa shape index (κ1) is 37.0. The van der Waals surface area contributed by atoms with E-state index in [1.165, 1.54) is 19.3 Å². The van der Waals surface area contributed by atoms with Crippen molar-refractivity contribution in [3.63, 3.8) is 0 Å². The molecule has 7 radical (unpaired) electrons. The van der Waals surface area contributed by atoms with E-state index in [1.807, 2.05) is 27.7 Å². The molecule has 1 aliphatic heterocycles. The molecule has 10 heteroatoms. The van der Waals surface area contributed by atoms with Crippen LogP contribution >= 0.6 is 0 Å². The van der Waals surface area contributed by atoms with Crippen molar-refractivity contribution in [1.82, 2.24) is 0 Å². The van der Waals surface area contributed by atoms with E-state index < -0.39 is 27.8 Å². The van der Waals surface area contributed by atoms with E-state index in [0.29, 0.717) is 23.2 Å². The van der Waals surface area contributed by atoms with E-state index in [2.05, 4.69) is 6.92 Å². The number of fused-ring (bicyclic) bond motifs is 4. The maximum atomic E-state index is 14.0. The Kier molecular flexibility index (Phi) is 13.6. The molecule has 1 heterocycles. The topological polar surface area (TPSA) is 49.7 Å². The van der Waals surface area contributed by atoms with Gasteiger partial charge in [-0.25, -0.2) is 0 Å². The summed E-state index contributed by atoms with van der Waals surface area (Å²) >= 11 is 0. The second-order valence-electron chi connectivity index (χ2n) is 11.9. The van der Waals surface area contributed by atoms with Gasteiger partial charge in [-0.1, -0.05) is 69.6 Å². The Morgan fingerprint density at radius 3 is 1.95 bits per heavy atom. The highest BCUT2D eigenvalue weighted by Crippen LogP contribution is 2.88. The van der Waals surface area contributed by atoms with E-state index in [9.17, 15) is 13.2 Å². The molecule has 5 aliphatic rings. The zero-order valence-electron chi connectivity index (χ0n) is 25.8. The van der Waals surface area contributed by atoms with Crippen LogP contribution in [0, 0.1) is 40.9 Å². The molecule has 4 saturated carbocycles. The molecule has 1 saturated heterocycles. The number of rotatable bonds is 4. The van der Waals surface area contributed by atoms with Gasteiger partial charge in [0.1, 0.15) is 7.28 Å². The number of alkyl halides is 3. The maximum Gasteiger partial charge on any atom is 0.390 e. The summed E-state index contributed by atoms with van der Waals surface area (Å²) in [6, 6.07) is 0. The fourth-order valence-electron chi connectivity index (χ4n) is 9.57. The molecule has 4 aliphatic carbocycles. The fourth-order valence-corrected chi connectivity index (χ4v) is 9.57. The second-order valence-corrected chi connectivity index (χ2v) is 11.9. The Balaban J connectivity index is 0.000000874. The van der Waals surface area contributed by atoms with Crippen molar-refractivity contribution in [2.24, 2.45) is 40.9 Å². The van der Waals surface area contributed by atoms with Crippen molar-refractivity contribution >= 4 is 30.8 Å². The van der Waals surface area contributed by atoms with Crippen LogP contribution in [0.5, 0.6) is 0 Å². The van der Waals surface area contributed by atoms with Gasteiger partial charge < -0.3 is 14.9 Å². The van der Waals surface area contributed by atoms with Crippen molar-refractivity contribution in [2.75, 3.05) is 27.9 Å².